The van der Waals surface area contributed by atoms with Crippen molar-refractivity contribution in [2.24, 2.45) is 11.1 Å². The first-order valence-corrected chi connectivity index (χ1v) is 10.5. The minimum atomic E-state index is -4.38. The SMILES string of the molecule is O=C(C1CCCC1)N(Cc1ccc(C(F)(F)F)cc1)CC1CC(c2ccccn2)=NO1. The van der Waals surface area contributed by atoms with Crippen LogP contribution in [0.4, 0.5) is 13.2 Å². The van der Waals surface area contributed by atoms with Crippen LogP contribution in [-0.2, 0) is 22.4 Å². The van der Waals surface area contributed by atoms with E-state index in [9.17, 15) is 18.0 Å². The molecule has 0 N–H and O–H groups in total. The summed E-state index contributed by atoms with van der Waals surface area (Å²) >= 11 is 0. The lowest BCUT2D eigenvalue weighted by molar-refractivity contribution is -0.138. The van der Waals surface area contributed by atoms with Crippen molar-refractivity contribution in [2.75, 3.05) is 6.54 Å². The Morgan fingerprint density at radius 3 is 2.48 bits per heavy atom. The third kappa shape index (κ3) is 5.24. The van der Waals surface area contributed by atoms with Crippen LogP contribution < -0.4 is 0 Å². The van der Waals surface area contributed by atoms with Crippen LogP contribution in [0.3, 0.4) is 0 Å². The molecule has 2 aromatic rings. The summed E-state index contributed by atoms with van der Waals surface area (Å²) < 4.78 is 38.6. The normalized spacial score (nSPS) is 19.2. The summed E-state index contributed by atoms with van der Waals surface area (Å²) in [5.74, 6) is -0.000635. The molecule has 8 heteroatoms. The summed E-state index contributed by atoms with van der Waals surface area (Å²) in [5.41, 5.74) is 1.43. The van der Waals surface area contributed by atoms with Gasteiger partial charge < -0.3 is 9.74 Å². The number of amides is 1. The maximum Gasteiger partial charge on any atom is 0.416 e. The second-order valence-corrected chi connectivity index (χ2v) is 8.08. The molecule has 1 aliphatic carbocycles. The van der Waals surface area contributed by atoms with Crippen LogP contribution in [0.15, 0.2) is 53.8 Å². The number of carbonyl (C=O) groups excluding carboxylic acids is 1. The number of alkyl halides is 3. The number of halogens is 3. The van der Waals surface area contributed by atoms with E-state index in [1.54, 1.807) is 11.1 Å². The minimum absolute atomic E-state index is 0.0345. The molecule has 0 spiro atoms. The number of rotatable bonds is 6. The molecule has 1 saturated carbocycles. The molecule has 2 aliphatic rings. The van der Waals surface area contributed by atoms with E-state index in [1.807, 2.05) is 18.2 Å². The van der Waals surface area contributed by atoms with Gasteiger partial charge in [-0.2, -0.15) is 13.2 Å². The Bertz CT molecular complexity index is 923. The topological polar surface area (TPSA) is 54.8 Å². The number of oxime groups is 1. The molecule has 2 heterocycles. The molecule has 1 aromatic carbocycles. The summed E-state index contributed by atoms with van der Waals surface area (Å²) in [6, 6.07) is 10.5. The predicted molar refractivity (Wildman–Crippen MR) is 109 cm³/mol. The van der Waals surface area contributed by atoms with Crippen molar-refractivity contribution < 1.29 is 22.8 Å². The van der Waals surface area contributed by atoms with E-state index >= 15 is 0 Å². The van der Waals surface area contributed by atoms with Gasteiger partial charge in [-0.05, 0) is 42.7 Å². The van der Waals surface area contributed by atoms with Gasteiger partial charge in [0.25, 0.3) is 0 Å². The van der Waals surface area contributed by atoms with Crippen LogP contribution in [0, 0.1) is 5.92 Å². The molecule has 1 aromatic heterocycles. The van der Waals surface area contributed by atoms with Gasteiger partial charge >= 0.3 is 6.18 Å². The van der Waals surface area contributed by atoms with Gasteiger partial charge in [-0.3, -0.25) is 9.78 Å². The number of carbonyl (C=O) groups is 1. The fourth-order valence-electron chi connectivity index (χ4n) is 4.14. The van der Waals surface area contributed by atoms with Crippen molar-refractivity contribution in [2.45, 2.75) is 50.9 Å². The summed E-state index contributed by atoms with van der Waals surface area (Å²) in [6.45, 7) is 0.572. The highest BCUT2D eigenvalue weighted by atomic mass is 19.4. The van der Waals surface area contributed by atoms with Crippen molar-refractivity contribution in [1.82, 2.24) is 9.88 Å². The van der Waals surface area contributed by atoms with E-state index in [0.717, 1.165) is 49.2 Å². The van der Waals surface area contributed by atoms with Gasteiger partial charge in [0.15, 0.2) is 6.10 Å². The number of pyridine rings is 1. The average molecular weight is 431 g/mol. The molecule has 0 saturated heterocycles. The second kappa shape index (κ2) is 9.08. The quantitative estimate of drug-likeness (QED) is 0.660. The Hall–Kier alpha value is -2.90. The minimum Gasteiger partial charge on any atom is -0.390 e. The number of aromatic nitrogens is 1. The van der Waals surface area contributed by atoms with E-state index < -0.39 is 11.7 Å². The molecular weight excluding hydrogens is 407 g/mol. The van der Waals surface area contributed by atoms with Crippen LogP contribution in [0.5, 0.6) is 0 Å². The van der Waals surface area contributed by atoms with E-state index in [-0.39, 0.29) is 24.5 Å². The largest absolute Gasteiger partial charge is 0.416 e. The molecule has 1 amide bonds. The summed E-state index contributed by atoms with van der Waals surface area (Å²) in [6.07, 6.45) is 1.28. The van der Waals surface area contributed by atoms with Gasteiger partial charge in [-0.25, -0.2) is 0 Å². The third-order valence-corrected chi connectivity index (χ3v) is 5.79. The van der Waals surface area contributed by atoms with E-state index in [2.05, 4.69) is 10.1 Å². The fourth-order valence-corrected chi connectivity index (χ4v) is 4.14. The molecule has 1 fully saturated rings. The monoisotopic (exact) mass is 431 g/mol. The van der Waals surface area contributed by atoms with Crippen LogP contribution in [0.2, 0.25) is 0 Å². The zero-order valence-corrected chi connectivity index (χ0v) is 17.0. The smallest absolute Gasteiger partial charge is 0.390 e. The maximum absolute atomic E-state index is 13.2. The van der Waals surface area contributed by atoms with Gasteiger partial charge in [0.05, 0.1) is 17.8 Å². The molecule has 5 nitrogen and oxygen atoms in total. The van der Waals surface area contributed by atoms with Gasteiger partial charge in [-0.15, -0.1) is 0 Å². The zero-order chi connectivity index (χ0) is 21.8. The summed E-state index contributed by atoms with van der Waals surface area (Å²) in [5, 5.41) is 4.13. The van der Waals surface area contributed by atoms with E-state index in [0.29, 0.717) is 18.5 Å². The standard InChI is InChI=1S/C23H24F3N3O2/c24-23(25,26)18-10-8-16(9-11-18)14-29(22(30)17-5-1-2-6-17)15-19-13-21(28-31-19)20-7-3-4-12-27-20/h3-4,7-12,17,19H,1-2,5-6,13-15H2. The molecule has 0 bridgehead atoms. The maximum atomic E-state index is 13.2. The average Bonchev–Trinajstić information content (AvgIpc) is 3.46. The van der Waals surface area contributed by atoms with Gasteiger partial charge in [0.1, 0.15) is 5.71 Å². The van der Waals surface area contributed by atoms with E-state index in [4.69, 9.17) is 4.84 Å². The number of hydrogen-bond acceptors (Lipinski definition) is 4. The lowest BCUT2D eigenvalue weighted by atomic mass is 10.0. The molecule has 31 heavy (non-hydrogen) atoms. The van der Waals surface area contributed by atoms with Crippen LogP contribution in [-0.4, -0.2) is 34.2 Å². The zero-order valence-electron chi connectivity index (χ0n) is 17.0. The fraction of sp³-hybridized carbons (Fsp3) is 0.435. The van der Waals surface area contributed by atoms with Crippen molar-refractivity contribution in [3.63, 3.8) is 0 Å². The Morgan fingerprint density at radius 2 is 1.84 bits per heavy atom. The highest BCUT2D eigenvalue weighted by molar-refractivity contribution is 5.99. The number of nitrogens with zero attached hydrogens (tertiary/aromatic N) is 3. The molecular formula is C23H24F3N3O2. The van der Waals surface area contributed by atoms with E-state index in [1.165, 1.54) is 12.1 Å². The number of hydrogen-bond donors (Lipinski definition) is 0. The summed E-state index contributed by atoms with van der Waals surface area (Å²) in [7, 11) is 0. The van der Waals surface area contributed by atoms with Crippen LogP contribution >= 0.6 is 0 Å². The lowest BCUT2D eigenvalue weighted by Gasteiger charge is -2.27. The molecule has 1 atom stereocenters. The van der Waals surface area contributed by atoms with Crippen molar-refractivity contribution in [1.29, 1.82) is 0 Å². The van der Waals surface area contributed by atoms with Gasteiger partial charge in [0.2, 0.25) is 5.91 Å². The van der Waals surface area contributed by atoms with Crippen LogP contribution in [0.1, 0.15) is 48.9 Å². The first-order chi connectivity index (χ1) is 14.9. The molecule has 1 aliphatic heterocycles. The van der Waals surface area contributed by atoms with Crippen molar-refractivity contribution >= 4 is 11.6 Å². The second-order valence-electron chi connectivity index (χ2n) is 8.08. The molecule has 4 rings (SSSR count). The highest BCUT2D eigenvalue weighted by Crippen LogP contribution is 2.30. The molecule has 1 unspecified atom stereocenters. The Kier molecular flexibility index (Phi) is 6.25. The van der Waals surface area contributed by atoms with Gasteiger partial charge in [0, 0.05) is 25.1 Å². The Balaban J connectivity index is 1.45. The lowest BCUT2D eigenvalue weighted by Crippen LogP contribution is -2.40. The molecule has 0 radical (unpaired) electrons. The van der Waals surface area contributed by atoms with Crippen molar-refractivity contribution in [3.05, 3.63) is 65.5 Å². The predicted octanol–water partition coefficient (Wildman–Crippen LogP) is 4.81. The van der Waals surface area contributed by atoms with Gasteiger partial charge in [-0.1, -0.05) is 36.2 Å². The number of benzene rings is 1. The Labute approximate surface area is 178 Å². The first-order valence-electron chi connectivity index (χ1n) is 10.5. The Morgan fingerprint density at radius 1 is 1.10 bits per heavy atom. The van der Waals surface area contributed by atoms with Crippen LogP contribution in [0.25, 0.3) is 0 Å². The first kappa shape index (κ1) is 21.3. The summed E-state index contributed by atoms with van der Waals surface area (Å²) in [4.78, 5) is 24.7. The van der Waals surface area contributed by atoms with Crippen molar-refractivity contribution in [3.8, 4) is 0 Å². The third-order valence-electron chi connectivity index (χ3n) is 5.79. The highest BCUT2D eigenvalue weighted by Gasteiger charge is 2.33. The molecule has 164 valence electrons.